The van der Waals surface area contributed by atoms with E-state index in [1.54, 1.807) is 29.9 Å². The highest BCUT2D eigenvalue weighted by molar-refractivity contribution is 8.02. The van der Waals surface area contributed by atoms with E-state index in [1.165, 1.54) is 12.1 Å². The molecule has 2 aromatic carbocycles. The Bertz CT molecular complexity index is 848. The molecule has 1 heterocycles. The maximum atomic E-state index is 13.6. The Morgan fingerprint density at radius 1 is 1.15 bits per heavy atom. The number of benzene rings is 2. The van der Waals surface area contributed by atoms with Gasteiger partial charge in [-0.2, -0.15) is 13.2 Å². The summed E-state index contributed by atoms with van der Waals surface area (Å²) in [7, 11) is 1.66. The fourth-order valence-corrected chi connectivity index (χ4v) is 4.54. The molecule has 0 spiro atoms. The van der Waals surface area contributed by atoms with Gasteiger partial charge in [0.25, 0.3) is 0 Å². The second-order valence-electron chi connectivity index (χ2n) is 5.91. The molecule has 0 radical (unpaired) electrons. The number of fused-ring (bicyclic) bond motifs is 1. The summed E-state index contributed by atoms with van der Waals surface area (Å²) < 4.78 is 53.2. The first-order valence-electron chi connectivity index (χ1n) is 8.15. The second kappa shape index (κ2) is 8.16. The first-order chi connectivity index (χ1) is 12.8. The van der Waals surface area contributed by atoms with Crippen LogP contribution in [0.2, 0.25) is 0 Å². The van der Waals surface area contributed by atoms with Gasteiger partial charge in [0.15, 0.2) is 0 Å². The van der Waals surface area contributed by atoms with Gasteiger partial charge in [-0.3, -0.25) is 5.01 Å². The zero-order valence-electron chi connectivity index (χ0n) is 14.7. The SMILES string of the molecule is CNN(C1=C(CC(F)(F)F)SCc2cc(F)ccc21)c1ccc(SC)cc1. The van der Waals surface area contributed by atoms with Crippen molar-refractivity contribution in [3.05, 3.63) is 64.3 Å². The molecule has 2 aromatic rings. The first kappa shape index (κ1) is 20.1. The van der Waals surface area contributed by atoms with E-state index in [2.05, 4.69) is 5.43 Å². The van der Waals surface area contributed by atoms with Crippen molar-refractivity contribution < 1.29 is 17.6 Å². The summed E-state index contributed by atoms with van der Waals surface area (Å²) in [5, 5.41) is 1.63. The molecule has 8 heteroatoms. The van der Waals surface area contributed by atoms with Gasteiger partial charge in [0.1, 0.15) is 5.82 Å². The van der Waals surface area contributed by atoms with Crippen LogP contribution in [0.1, 0.15) is 17.5 Å². The number of nitrogens with one attached hydrogen (secondary N) is 1. The molecule has 2 nitrogen and oxygen atoms in total. The Morgan fingerprint density at radius 2 is 1.85 bits per heavy atom. The summed E-state index contributed by atoms with van der Waals surface area (Å²) in [6.45, 7) is 0. The van der Waals surface area contributed by atoms with Crippen LogP contribution in [0.4, 0.5) is 23.2 Å². The molecular weight excluding hydrogens is 396 g/mol. The minimum Gasteiger partial charge on any atom is -0.276 e. The number of hydrazine groups is 1. The monoisotopic (exact) mass is 414 g/mol. The van der Waals surface area contributed by atoms with Crippen molar-refractivity contribution in [2.24, 2.45) is 0 Å². The molecule has 0 saturated heterocycles. The Kier molecular flexibility index (Phi) is 6.08. The molecule has 0 saturated carbocycles. The predicted molar refractivity (Wildman–Crippen MR) is 105 cm³/mol. The van der Waals surface area contributed by atoms with Gasteiger partial charge >= 0.3 is 6.18 Å². The summed E-state index contributed by atoms with van der Waals surface area (Å²) in [6.07, 6.45) is -3.39. The van der Waals surface area contributed by atoms with Gasteiger partial charge in [-0.15, -0.1) is 23.5 Å². The lowest BCUT2D eigenvalue weighted by Crippen LogP contribution is -2.35. The van der Waals surface area contributed by atoms with Crippen molar-refractivity contribution in [1.29, 1.82) is 0 Å². The highest BCUT2D eigenvalue weighted by Gasteiger charge is 2.34. The van der Waals surface area contributed by atoms with Gasteiger partial charge in [-0.1, -0.05) is 0 Å². The maximum Gasteiger partial charge on any atom is 0.393 e. The van der Waals surface area contributed by atoms with Crippen LogP contribution in [-0.2, 0) is 5.75 Å². The molecule has 144 valence electrons. The number of halogens is 4. The summed E-state index contributed by atoms with van der Waals surface area (Å²) in [4.78, 5) is 1.27. The minimum atomic E-state index is -4.33. The smallest absolute Gasteiger partial charge is 0.276 e. The standard InChI is InChI=1S/C19H18F4N2S2/c1-24-25(14-4-6-15(26-2)7-5-14)18-16-8-3-13(20)9-12(16)11-27-17(18)10-19(21,22)23/h3-9,24H,10-11H2,1-2H3. The lowest BCUT2D eigenvalue weighted by atomic mass is 10.0. The van der Waals surface area contributed by atoms with E-state index in [9.17, 15) is 17.6 Å². The molecule has 0 aromatic heterocycles. The van der Waals surface area contributed by atoms with E-state index in [-0.39, 0.29) is 4.91 Å². The third-order valence-corrected chi connectivity index (χ3v) is 6.01. The van der Waals surface area contributed by atoms with Crippen LogP contribution in [0.5, 0.6) is 0 Å². The quantitative estimate of drug-likeness (QED) is 0.363. The van der Waals surface area contributed by atoms with E-state index < -0.39 is 18.4 Å². The van der Waals surface area contributed by atoms with Crippen LogP contribution in [0.3, 0.4) is 0 Å². The summed E-state index contributed by atoms with van der Waals surface area (Å²) in [5.41, 5.74) is 5.41. The molecule has 1 N–H and O–H groups in total. The number of allylic oxidation sites excluding steroid dienone is 1. The predicted octanol–water partition coefficient (Wildman–Crippen LogP) is 6.06. The molecule has 0 unspecified atom stereocenters. The van der Waals surface area contributed by atoms with Crippen LogP contribution in [-0.4, -0.2) is 19.5 Å². The number of alkyl halides is 3. The first-order valence-corrected chi connectivity index (χ1v) is 10.4. The molecule has 27 heavy (non-hydrogen) atoms. The van der Waals surface area contributed by atoms with Crippen LogP contribution in [0, 0.1) is 5.82 Å². The van der Waals surface area contributed by atoms with Gasteiger partial charge in [-0.05, 0) is 54.3 Å². The van der Waals surface area contributed by atoms with Crippen LogP contribution >= 0.6 is 23.5 Å². The zero-order valence-corrected chi connectivity index (χ0v) is 16.4. The summed E-state index contributed by atoms with van der Waals surface area (Å²) in [5.74, 6) is -0.0846. The number of hydrogen-bond acceptors (Lipinski definition) is 4. The lowest BCUT2D eigenvalue weighted by Gasteiger charge is -2.33. The number of nitrogens with zero attached hydrogens (tertiary/aromatic N) is 1. The second-order valence-corrected chi connectivity index (χ2v) is 7.86. The van der Waals surface area contributed by atoms with E-state index in [4.69, 9.17) is 0 Å². The molecule has 0 aliphatic carbocycles. The van der Waals surface area contributed by atoms with E-state index in [0.29, 0.717) is 28.3 Å². The van der Waals surface area contributed by atoms with Crippen molar-refractivity contribution in [2.75, 3.05) is 18.3 Å². The van der Waals surface area contributed by atoms with Crippen molar-refractivity contribution in [2.45, 2.75) is 23.2 Å². The van der Waals surface area contributed by atoms with E-state index >= 15 is 0 Å². The number of rotatable bonds is 5. The van der Waals surface area contributed by atoms with Crippen LogP contribution < -0.4 is 10.4 Å². The van der Waals surface area contributed by atoms with Gasteiger partial charge in [0.05, 0.1) is 17.8 Å². The minimum absolute atomic E-state index is 0.213. The highest BCUT2D eigenvalue weighted by atomic mass is 32.2. The topological polar surface area (TPSA) is 15.3 Å². The summed E-state index contributed by atoms with van der Waals surface area (Å²) in [6, 6.07) is 11.7. The molecule has 1 aliphatic heterocycles. The molecule has 0 amide bonds. The molecule has 1 aliphatic rings. The average molecular weight is 414 g/mol. The zero-order chi connectivity index (χ0) is 19.6. The Hall–Kier alpha value is -1.64. The molecule has 0 atom stereocenters. The van der Waals surface area contributed by atoms with Gasteiger partial charge in [-0.25, -0.2) is 9.82 Å². The summed E-state index contributed by atoms with van der Waals surface area (Å²) >= 11 is 2.69. The van der Waals surface area contributed by atoms with E-state index in [0.717, 1.165) is 16.7 Å². The van der Waals surface area contributed by atoms with Crippen molar-refractivity contribution in [3.8, 4) is 0 Å². The fraction of sp³-hybridized carbons (Fsp3) is 0.263. The molecule has 0 fully saturated rings. The van der Waals surface area contributed by atoms with Gasteiger partial charge < -0.3 is 0 Å². The Morgan fingerprint density at radius 3 is 2.44 bits per heavy atom. The fourth-order valence-electron chi connectivity index (χ4n) is 2.96. The number of hydrogen-bond donors (Lipinski definition) is 1. The van der Waals surface area contributed by atoms with Crippen molar-refractivity contribution >= 4 is 34.9 Å². The van der Waals surface area contributed by atoms with Crippen LogP contribution in [0.25, 0.3) is 5.70 Å². The molecule has 3 rings (SSSR count). The number of anilines is 1. The maximum absolute atomic E-state index is 13.6. The Labute approximate surface area is 164 Å². The Balaban J connectivity index is 2.13. The number of thioether (sulfide) groups is 2. The van der Waals surface area contributed by atoms with Crippen LogP contribution in [0.15, 0.2) is 52.3 Å². The van der Waals surface area contributed by atoms with E-state index in [1.807, 2.05) is 30.5 Å². The third-order valence-electron chi connectivity index (χ3n) is 4.13. The highest BCUT2D eigenvalue weighted by Crippen LogP contribution is 2.45. The molecule has 0 bridgehead atoms. The van der Waals surface area contributed by atoms with Gasteiger partial charge in [0.2, 0.25) is 0 Å². The molecular formula is C19H18F4N2S2. The largest absolute Gasteiger partial charge is 0.393 e. The average Bonchev–Trinajstić information content (AvgIpc) is 2.63. The third kappa shape index (κ3) is 4.62. The normalized spacial score (nSPS) is 14.3. The van der Waals surface area contributed by atoms with Gasteiger partial charge in [0, 0.05) is 28.2 Å². The lowest BCUT2D eigenvalue weighted by molar-refractivity contribution is -0.125. The van der Waals surface area contributed by atoms with Crippen molar-refractivity contribution in [3.63, 3.8) is 0 Å². The van der Waals surface area contributed by atoms with Crippen molar-refractivity contribution in [1.82, 2.24) is 5.43 Å².